The summed E-state index contributed by atoms with van der Waals surface area (Å²) >= 11 is 0. The van der Waals surface area contributed by atoms with Gasteiger partial charge in [0.15, 0.2) is 29.3 Å². The second-order valence-electron chi connectivity index (χ2n) is 5.28. The summed E-state index contributed by atoms with van der Waals surface area (Å²) in [4.78, 5) is 11.6. The highest BCUT2D eigenvalue weighted by Crippen LogP contribution is 2.46. The molecule has 26 heavy (non-hydrogen) atoms. The Morgan fingerprint density at radius 1 is 0.808 bits per heavy atom. The number of aldehydes is 1. The fraction of sp³-hybridized carbons (Fsp3) is 0.316. The van der Waals surface area contributed by atoms with Gasteiger partial charge in [-0.2, -0.15) is 0 Å². The van der Waals surface area contributed by atoms with Crippen LogP contribution < -0.4 is 23.7 Å². The van der Waals surface area contributed by atoms with E-state index in [4.69, 9.17) is 23.7 Å². The maximum absolute atomic E-state index is 11.6. The first-order valence-electron chi connectivity index (χ1n) is 7.74. The molecule has 0 aromatic heterocycles. The molecule has 0 aliphatic rings. The van der Waals surface area contributed by atoms with E-state index in [0.29, 0.717) is 29.1 Å². The first-order valence-corrected chi connectivity index (χ1v) is 7.74. The van der Waals surface area contributed by atoms with E-state index < -0.39 is 6.10 Å². The molecule has 0 heterocycles. The molecule has 140 valence electrons. The Labute approximate surface area is 152 Å². The predicted molar refractivity (Wildman–Crippen MR) is 95.1 cm³/mol. The molecule has 2 aromatic rings. The van der Waals surface area contributed by atoms with Gasteiger partial charge < -0.3 is 28.8 Å². The van der Waals surface area contributed by atoms with Crippen molar-refractivity contribution in [2.45, 2.75) is 6.10 Å². The van der Waals surface area contributed by atoms with Crippen LogP contribution in [-0.2, 0) is 0 Å². The van der Waals surface area contributed by atoms with Gasteiger partial charge in [-0.3, -0.25) is 4.79 Å². The molecule has 2 aromatic carbocycles. The quantitative estimate of drug-likeness (QED) is 0.723. The minimum atomic E-state index is -1.16. The van der Waals surface area contributed by atoms with Gasteiger partial charge in [0.05, 0.1) is 35.5 Å². The highest BCUT2D eigenvalue weighted by Gasteiger charge is 2.27. The molecule has 2 rings (SSSR count). The number of rotatable bonds is 8. The first-order chi connectivity index (χ1) is 12.6. The lowest BCUT2D eigenvalue weighted by molar-refractivity contribution is 0.111. The van der Waals surface area contributed by atoms with Gasteiger partial charge in [0.2, 0.25) is 5.75 Å². The van der Waals surface area contributed by atoms with E-state index in [1.165, 1.54) is 41.6 Å². The summed E-state index contributed by atoms with van der Waals surface area (Å²) in [5.41, 5.74) is 0.991. The molecule has 0 fully saturated rings. The van der Waals surface area contributed by atoms with Crippen LogP contribution in [0.3, 0.4) is 0 Å². The van der Waals surface area contributed by atoms with E-state index in [1.54, 1.807) is 18.2 Å². The Bertz CT molecular complexity index is 786. The zero-order valence-corrected chi connectivity index (χ0v) is 15.4. The van der Waals surface area contributed by atoms with Crippen LogP contribution >= 0.6 is 0 Å². The van der Waals surface area contributed by atoms with Gasteiger partial charge in [-0.25, -0.2) is 0 Å². The summed E-state index contributed by atoms with van der Waals surface area (Å²) in [5.74, 6) is 1.82. The summed E-state index contributed by atoms with van der Waals surface area (Å²) in [6.45, 7) is 0. The summed E-state index contributed by atoms with van der Waals surface area (Å²) in [7, 11) is 7.36. The van der Waals surface area contributed by atoms with Crippen molar-refractivity contribution in [3.63, 3.8) is 0 Å². The molecule has 0 amide bonds. The van der Waals surface area contributed by atoms with Gasteiger partial charge in [0.25, 0.3) is 0 Å². The van der Waals surface area contributed by atoms with Crippen molar-refractivity contribution in [3.8, 4) is 28.7 Å². The summed E-state index contributed by atoms with van der Waals surface area (Å²) in [6.07, 6.45) is -0.533. The molecular weight excluding hydrogens is 340 g/mol. The van der Waals surface area contributed by atoms with Crippen LogP contribution in [0.15, 0.2) is 24.3 Å². The number of aliphatic hydroxyl groups excluding tert-OH is 1. The molecule has 1 unspecified atom stereocenters. The van der Waals surface area contributed by atoms with Gasteiger partial charge in [-0.15, -0.1) is 0 Å². The smallest absolute Gasteiger partial charge is 0.203 e. The summed E-state index contributed by atoms with van der Waals surface area (Å²) in [5, 5.41) is 11.0. The topological polar surface area (TPSA) is 83.5 Å². The molecule has 0 radical (unpaired) electrons. The molecule has 1 atom stereocenters. The number of hydrogen-bond acceptors (Lipinski definition) is 7. The van der Waals surface area contributed by atoms with Crippen molar-refractivity contribution in [3.05, 3.63) is 41.0 Å². The van der Waals surface area contributed by atoms with Gasteiger partial charge >= 0.3 is 0 Å². The van der Waals surface area contributed by atoms with Gasteiger partial charge in [-0.05, 0) is 23.8 Å². The Balaban J connectivity index is 2.68. The second kappa shape index (κ2) is 8.44. The lowest BCUT2D eigenvalue weighted by Crippen LogP contribution is -2.09. The molecule has 7 heteroatoms. The lowest BCUT2D eigenvalue weighted by Gasteiger charge is -2.21. The van der Waals surface area contributed by atoms with E-state index in [2.05, 4.69) is 0 Å². The van der Waals surface area contributed by atoms with Gasteiger partial charge in [-0.1, -0.05) is 6.07 Å². The van der Waals surface area contributed by atoms with Crippen molar-refractivity contribution in [1.82, 2.24) is 0 Å². The average Bonchev–Trinajstić information content (AvgIpc) is 2.70. The van der Waals surface area contributed by atoms with Gasteiger partial charge in [0, 0.05) is 11.1 Å². The van der Waals surface area contributed by atoms with E-state index in [1.807, 2.05) is 0 Å². The van der Waals surface area contributed by atoms with Crippen molar-refractivity contribution in [2.75, 3.05) is 35.5 Å². The van der Waals surface area contributed by atoms with E-state index >= 15 is 0 Å². The largest absolute Gasteiger partial charge is 0.493 e. The minimum absolute atomic E-state index is 0.219. The van der Waals surface area contributed by atoms with E-state index in [-0.39, 0.29) is 22.6 Å². The minimum Gasteiger partial charge on any atom is -0.493 e. The Morgan fingerprint density at radius 2 is 1.42 bits per heavy atom. The SMILES string of the molecule is COc1ccc(C(O)c2c(C=O)cc(OC)c(OC)c2OC)cc1OC. The Morgan fingerprint density at radius 3 is 1.92 bits per heavy atom. The van der Waals surface area contributed by atoms with Crippen molar-refractivity contribution in [1.29, 1.82) is 0 Å². The van der Waals surface area contributed by atoms with Crippen LogP contribution in [-0.4, -0.2) is 46.9 Å². The third kappa shape index (κ3) is 3.39. The van der Waals surface area contributed by atoms with Crippen LogP contribution in [0.1, 0.15) is 27.6 Å². The number of aliphatic hydroxyl groups is 1. The fourth-order valence-corrected chi connectivity index (χ4v) is 2.77. The number of carbonyl (C=O) groups excluding carboxylic acids is 1. The number of benzene rings is 2. The Hall–Kier alpha value is -2.93. The maximum atomic E-state index is 11.6. The predicted octanol–water partition coefficient (Wildman–Crippen LogP) is 2.62. The monoisotopic (exact) mass is 362 g/mol. The summed E-state index contributed by atoms with van der Waals surface area (Å²) < 4.78 is 26.5. The lowest BCUT2D eigenvalue weighted by atomic mass is 9.95. The number of carbonyl (C=O) groups is 1. The van der Waals surface area contributed by atoms with Crippen molar-refractivity contribution < 1.29 is 33.6 Å². The Kier molecular flexibility index (Phi) is 6.30. The third-order valence-electron chi connectivity index (χ3n) is 4.02. The fourth-order valence-electron chi connectivity index (χ4n) is 2.77. The van der Waals surface area contributed by atoms with Gasteiger partial charge in [0.1, 0.15) is 6.10 Å². The molecule has 7 nitrogen and oxygen atoms in total. The molecule has 0 aliphatic carbocycles. The van der Waals surface area contributed by atoms with Crippen LogP contribution in [0.2, 0.25) is 0 Å². The molecule has 0 spiro atoms. The molecular formula is C19H22O7. The number of ether oxygens (including phenoxy) is 5. The first kappa shape index (κ1) is 19.4. The third-order valence-corrected chi connectivity index (χ3v) is 4.02. The standard InChI is InChI=1S/C19H22O7/c1-22-13-7-6-11(8-14(13)23-2)17(21)16-12(10-20)9-15(24-3)18(25-4)19(16)26-5/h6-10,17,21H,1-5H3. The summed E-state index contributed by atoms with van der Waals surface area (Å²) in [6, 6.07) is 6.48. The highest BCUT2D eigenvalue weighted by atomic mass is 16.5. The van der Waals surface area contributed by atoms with Crippen LogP contribution in [0.25, 0.3) is 0 Å². The van der Waals surface area contributed by atoms with E-state index in [0.717, 1.165) is 0 Å². The normalized spacial score (nSPS) is 11.5. The zero-order valence-electron chi connectivity index (χ0n) is 15.4. The van der Waals surface area contributed by atoms with Crippen molar-refractivity contribution in [2.24, 2.45) is 0 Å². The average molecular weight is 362 g/mol. The van der Waals surface area contributed by atoms with Crippen molar-refractivity contribution >= 4 is 6.29 Å². The van der Waals surface area contributed by atoms with Crippen LogP contribution in [0.4, 0.5) is 0 Å². The second-order valence-corrected chi connectivity index (χ2v) is 5.28. The highest BCUT2D eigenvalue weighted by molar-refractivity contribution is 5.82. The van der Waals surface area contributed by atoms with E-state index in [9.17, 15) is 9.90 Å². The molecule has 1 N–H and O–H groups in total. The zero-order chi connectivity index (χ0) is 19.3. The molecule has 0 bridgehead atoms. The maximum Gasteiger partial charge on any atom is 0.203 e. The van der Waals surface area contributed by atoms with Crippen LogP contribution in [0.5, 0.6) is 28.7 Å². The molecule has 0 saturated carbocycles. The van der Waals surface area contributed by atoms with Crippen LogP contribution in [0, 0.1) is 0 Å². The number of methoxy groups -OCH3 is 5. The molecule has 0 aliphatic heterocycles. The number of hydrogen-bond donors (Lipinski definition) is 1. The molecule has 0 saturated heterocycles.